The zero-order valence-electron chi connectivity index (χ0n) is 9.61. The Morgan fingerprint density at radius 2 is 2.00 bits per heavy atom. The second kappa shape index (κ2) is 4.56. The van der Waals surface area contributed by atoms with Crippen LogP contribution in [0.25, 0.3) is 0 Å². The average Bonchev–Trinajstić information content (AvgIpc) is 2.39. The van der Waals surface area contributed by atoms with Gasteiger partial charge < -0.3 is 4.74 Å². The molecule has 0 N–H and O–H groups in total. The van der Waals surface area contributed by atoms with Crippen molar-refractivity contribution >= 4 is 0 Å². The van der Waals surface area contributed by atoms with Gasteiger partial charge in [0.15, 0.2) is 0 Å². The molecule has 1 fully saturated rings. The van der Waals surface area contributed by atoms with Gasteiger partial charge in [-0.1, -0.05) is 18.2 Å². The predicted octanol–water partition coefficient (Wildman–Crippen LogP) is 2.24. The summed E-state index contributed by atoms with van der Waals surface area (Å²) >= 11 is 0. The summed E-state index contributed by atoms with van der Waals surface area (Å²) in [7, 11) is 0. The van der Waals surface area contributed by atoms with Crippen molar-refractivity contribution in [2.45, 2.75) is 31.8 Å². The number of ether oxygens (including phenoxy) is 1. The molecule has 1 aliphatic heterocycles. The van der Waals surface area contributed by atoms with Gasteiger partial charge >= 0.3 is 0 Å². The molecule has 1 saturated heterocycles. The molecule has 0 amide bonds. The quantitative estimate of drug-likeness (QED) is 0.706. The Balaban J connectivity index is 1.84. The lowest BCUT2D eigenvalue weighted by molar-refractivity contribution is 0.0260. The van der Waals surface area contributed by atoms with Crippen molar-refractivity contribution in [2.75, 3.05) is 19.7 Å². The Labute approximate surface area is 97.0 Å². The van der Waals surface area contributed by atoms with Crippen LogP contribution in [-0.4, -0.2) is 19.7 Å². The third-order valence-corrected chi connectivity index (χ3v) is 3.61. The number of hydrogen-bond acceptors (Lipinski definition) is 1. The SMILES string of the molecule is c1cc2c(cc1C1C[N]CCO1)CCCC2. The van der Waals surface area contributed by atoms with Gasteiger partial charge in [0.2, 0.25) is 0 Å². The highest BCUT2D eigenvalue weighted by Crippen LogP contribution is 2.26. The molecule has 1 aliphatic carbocycles. The topological polar surface area (TPSA) is 23.3 Å². The summed E-state index contributed by atoms with van der Waals surface area (Å²) in [5.74, 6) is 0. The van der Waals surface area contributed by atoms with Gasteiger partial charge in [-0.15, -0.1) is 0 Å². The van der Waals surface area contributed by atoms with E-state index < -0.39 is 0 Å². The van der Waals surface area contributed by atoms with Gasteiger partial charge in [-0.3, -0.25) is 0 Å². The Hall–Kier alpha value is -0.860. The average molecular weight is 216 g/mol. The molecule has 1 radical (unpaired) electrons. The molecular formula is C14H18NO. The van der Waals surface area contributed by atoms with Crippen LogP contribution in [0.5, 0.6) is 0 Å². The van der Waals surface area contributed by atoms with E-state index in [1.54, 1.807) is 5.56 Å². The highest BCUT2D eigenvalue weighted by atomic mass is 16.5. The van der Waals surface area contributed by atoms with Crippen LogP contribution in [0, 0.1) is 0 Å². The van der Waals surface area contributed by atoms with E-state index >= 15 is 0 Å². The number of nitrogens with zero attached hydrogens (tertiary/aromatic N) is 1. The molecule has 1 atom stereocenters. The van der Waals surface area contributed by atoms with Gasteiger partial charge in [0.05, 0.1) is 12.7 Å². The van der Waals surface area contributed by atoms with E-state index in [0.717, 1.165) is 19.7 Å². The van der Waals surface area contributed by atoms with E-state index in [2.05, 4.69) is 23.5 Å². The molecular weight excluding hydrogens is 198 g/mol. The first-order valence-electron chi connectivity index (χ1n) is 6.30. The third kappa shape index (κ3) is 2.00. The molecule has 0 spiro atoms. The minimum absolute atomic E-state index is 0.209. The van der Waals surface area contributed by atoms with Crippen LogP contribution >= 0.6 is 0 Å². The molecule has 1 aromatic rings. The molecule has 0 bridgehead atoms. The molecule has 0 saturated carbocycles. The summed E-state index contributed by atoms with van der Waals surface area (Å²) in [4.78, 5) is 0. The van der Waals surface area contributed by atoms with Gasteiger partial charge in [-0.25, -0.2) is 5.32 Å². The van der Waals surface area contributed by atoms with Crippen LogP contribution in [0.4, 0.5) is 0 Å². The maximum Gasteiger partial charge on any atom is 0.0966 e. The van der Waals surface area contributed by atoms with Crippen molar-refractivity contribution in [3.05, 3.63) is 34.9 Å². The van der Waals surface area contributed by atoms with Crippen molar-refractivity contribution < 1.29 is 4.74 Å². The number of hydrogen-bond donors (Lipinski definition) is 0. The highest BCUT2D eigenvalue weighted by molar-refractivity contribution is 5.35. The largest absolute Gasteiger partial charge is 0.371 e. The van der Waals surface area contributed by atoms with Crippen LogP contribution in [0.1, 0.15) is 35.6 Å². The van der Waals surface area contributed by atoms with Gasteiger partial charge in [0.1, 0.15) is 0 Å². The van der Waals surface area contributed by atoms with Gasteiger partial charge in [-0.05, 0) is 42.4 Å². The van der Waals surface area contributed by atoms with Crippen LogP contribution in [0.3, 0.4) is 0 Å². The maximum atomic E-state index is 5.76. The Morgan fingerprint density at radius 3 is 2.81 bits per heavy atom. The standard InChI is InChI=1S/C14H18NO/c1-2-4-12-9-13(6-5-11(12)3-1)14-10-15-7-8-16-14/h5-6,9,14H,1-4,7-8,10H2. The van der Waals surface area contributed by atoms with E-state index in [0.29, 0.717) is 0 Å². The Bertz CT molecular complexity index is 369. The fourth-order valence-corrected chi connectivity index (χ4v) is 2.68. The monoisotopic (exact) mass is 216 g/mol. The van der Waals surface area contributed by atoms with Crippen LogP contribution in [0.2, 0.25) is 0 Å². The number of fused-ring (bicyclic) bond motifs is 1. The van der Waals surface area contributed by atoms with E-state index in [-0.39, 0.29) is 6.10 Å². The second-order valence-corrected chi connectivity index (χ2v) is 4.72. The van der Waals surface area contributed by atoms with E-state index in [1.165, 1.54) is 36.8 Å². The smallest absolute Gasteiger partial charge is 0.0966 e. The van der Waals surface area contributed by atoms with Crippen molar-refractivity contribution in [2.24, 2.45) is 0 Å². The van der Waals surface area contributed by atoms with Gasteiger partial charge in [0.25, 0.3) is 0 Å². The van der Waals surface area contributed by atoms with Crippen LogP contribution in [-0.2, 0) is 17.6 Å². The summed E-state index contributed by atoms with van der Waals surface area (Å²) in [6, 6.07) is 6.87. The molecule has 1 unspecified atom stereocenters. The lowest BCUT2D eigenvalue weighted by Gasteiger charge is -2.24. The fraction of sp³-hybridized carbons (Fsp3) is 0.571. The molecule has 3 rings (SSSR count). The maximum absolute atomic E-state index is 5.76. The first-order valence-corrected chi connectivity index (χ1v) is 6.30. The van der Waals surface area contributed by atoms with Crippen LogP contribution in [0.15, 0.2) is 18.2 Å². The van der Waals surface area contributed by atoms with Crippen molar-refractivity contribution in [1.82, 2.24) is 5.32 Å². The fourth-order valence-electron chi connectivity index (χ4n) is 2.68. The van der Waals surface area contributed by atoms with Gasteiger partial charge in [0, 0.05) is 13.1 Å². The molecule has 1 heterocycles. The number of rotatable bonds is 1. The molecule has 1 aromatic carbocycles. The predicted molar refractivity (Wildman–Crippen MR) is 63.6 cm³/mol. The molecule has 85 valence electrons. The molecule has 16 heavy (non-hydrogen) atoms. The van der Waals surface area contributed by atoms with Crippen molar-refractivity contribution in [1.29, 1.82) is 0 Å². The number of morpholine rings is 1. The Kier molecular flexibility index (Phi) is 2.94. The molecule has 2 heteroatoms. The minimum atomic E-state index is 0.209. The molecule has 0 aromatic heterocycles. The van der Waals surface area contributed by atoms with Gasteiger partial charge in [-0.2, -0.15) is 0 Å². The first-order chi connectivity index (χ1) is 7.93. The second-order valence-electron chi connectivity index (χ2n) is 4.72. The zero-order valence-corrected chi connectivity index (χ0v) is 9.61. The van der Waals surface area contributed by atoms with Crippen LogP contribution < -0.4 is 5.32 Å². The van der Waals surface area contributed by atoms with E-state index in [1.807, 2.05) is 0 Å². The summed E-state index contributed by atoms with van der Waals surface area (Å²) < 4.78 is 5.76. The van der Waals surface area contributed by atoms with Crippen molar-refractivity contribution in [3.63, 3.8) is 0 Å². The molecule has 2 aliphatic rings. The summed E-state index contributed by atoms with van der Waals surface area (Å²) in [6.45, 7) is 2.47. The normalized spacial score (nSPS) is 25.1. The van der Waals surface area contributed by atoms with E-state index in [9.17, 15) is 0 Å². The first kappa shape index (κ1) is 10.3. The van der Waals surface area contributed by atoms with Crippen molar-refractivity contribution in [3.8, 4) is 0 Å². The molecule has 2 nitrogen and oxygen atoms in total. The zero-order chi connectivity index (χ0) is 10.8. The Morgan fingerprint density at radius 1 is 1.12 bits per heavy atom. The lowest BCUT2D eigenvalue weighted by Crippen LogP contribution is -2.28. The summed E-state index contributed by atoms with van der Waals surface area (Å²) in [6.07, 6.45) is 5.40. The van der Waals surface area contributed by atoms with E-state index in [4.69, 9.17) is 4.74 Å². The lowest BCUT2D eigenvalue weighted by atomic mass is 9.89. The summed E-state index contributed by atoms with van der Waals surface area (Å²) in [5, 5.41) is 4.42. The number of benzene rings is 1. The minimum Gasteiger partial charge on any atom is -0.371 e. The number of aryl methyl sites for hydroxylation is 2. The third-order valence-electron chi connectivity index (χ3n) is 3.61. The highest BCUT2D eigenvalue weighted by Gasteiger charge is 2.18. The summed E-state index contributed by atoms with van der Waals surface area (Å²) in [5.41, 5.74) is 4.41.